The van der Waals surface area contributed by atoms with E-state index in [2.05, 4.69) is 5.32 Å². The van der Waals surface area contributed by atoms with Crippen molar-refractivity contribution in [3.8, 4) is 11.8 Å². The number of nitriles is 1. The summed E-state index contributed by atoms with van der Waals surface area (Å²) in [7, 11) is 0. The molecule has 2 N–H and O–H groups in total. The van der Waals surface area contributed by atoms with E-state index in [1.807, 2.05) is 6.07 Å². The van der Waals surface area contributed by atoms with Gasteiger partial charge in [-0.05, 0) is 36.6 Å². The van der Waals surface area contributed by atoms with Crippen LogP contribution in [-0.2, 0) is 4.79 Å². The molecule has 2 rings (SSSR count). The summed E-state index contributed by atoms with van der Waals surface area (Å²) in [6.07, 6.45) is 3.44. The Bertz CT molecular complexity index is 510. The zero-order valence-corrected chi connectivity index (χ0v) is 9.18. The molecule has 1 fully saturated rings. The van der Waals surface area contributed by atoms with Crippen LogP contribution in [0.5, 0.6) is 5.75 Å². The number of rotatable bonds is 3. The largest absolute Gasteiger partial charge is 0.508 e. The fourth-order valence-corrected chi connectivity index (χ4v) is 1.42. The van der Waals surface area contributed by atoms with Gasteiger partial charge in [-0.3, -0.25) is 4.79 Å². The molecule has 1 aromatic carbocycles. The molecular weight excluding hydrogens is 216 g/mol. The van der Waals surface area contributed by atoms with Gasteiger partial charge in [-0.1, -0.05) is 12.1 Å². The molecule has 1 aliphatic carbocycles. The number of nitrogens with one attached hydrogen (secondary N) is 1. The highest BCUT2D eigenvalue weighted by atomic mass is 16.3. The van der Waals surface area contributed by atoms with Gasteiger partial charge >= 0.3 is 0 Å². The second-order valence-corrected chi connectivity index (χ2v) is 4.01. The van der Waals surface area contributed by atoms with Crippen molar-refractivity contribution in [2.45, 2.75) is 18.9 Å². The monoisotopic (exact) mass is 228 g/mol. The Kier molecular flexibility index (Phi) is 3.10. The van der Waals surface area contributed by atoms with Crippen LogP contribution in [0.25, 0.3) is 6.08 Å². The summed E-state index contributed by atoms with van der Waals surface area (Å²) < 4.78 is 0. The third kappa shape index (κ3) is 3.08. The topological polar surface area (TPSA) is 73.1 Å². The van der Waals surface area contributed by atoms with Crippen LogP contribution in [0, 0.1) is 11.3 Å². The predicted molar refractivity (Wildman–Crippen MR) is 62.9 cm³/mol. The van der Waals surface area contributed by atoms with Crippen LogP contribution in [0.15, 0.2) is 29.8 Å². The van der Waals surface area contributed by atoms with Gasteiger partial charge in [0.2, 0.25) is 0 Å². The Morgan fingerprint density at radius 3 is 2.88 bits per heavy atom. The van der Waals surface area contributed by atoms with Gasteiger partial charge in [0.05, 0.1) is 0 Å². The molecule has 17 heavy (non-hydrogen) atoms. The van der Waals surface area contributed by atoms with Crippen molar-refractivity contribution in [3.05, 3.63) is 35.4 Å². The number of amides is 1. The summed E-state index contributed by atoms with van der Waals surface area (Å²) in [6, 6.07) is 8.52. The SMILES string of the molecule is N#C/C(=C\c1cccc(O)c1)C(=O)NC1CC1. The van der Waals surface area contributed by atoms with Gasteiger partial charge in [0.25, 0.3) is 5.91 Å². The summed E-state index contributed by atoms with van der Waals surface area (Å²) in [5, 5.41) is 20.9. The molecule has 4 heteroatoms. The van der Waals surface area contributed by atoms with Crippen molar-refractivity contribution in [2.24, 2.45) is 0 Å². The molecule has 0 spiro atoms. The molecular formula is C13H12N2O2. The maximum absolute atomic E-state index is 11.6. The van der Waals surface area contributed by atoms with Crippen LogP contribution in [0.4, 0.5) is 0 Å². The number of hydrogen-bond acceptors (Lipinski definition) is 3. The first-order chi connectivity index (χ1) is 8.19. The Morgan fingerprint density at radius 2 is 2.29 bits per heavy atom. The fourth-order valence-electron chi connectivity index (χ4n) is 1.42. The average molecular weight is 228 g/mol. The quantitative estimate of drug-likeness (QED) is 0.609. The van der Waals surface area contributed by atoms with Gasteiger partial charge in [0, 0.05) is 6.04 Å². The first-order valence-corrected chi connectivity index (χ1v) is 5.41. The van der Waals surface area contributed by atoms with E-state index >= 15 is 0 Å². The number of benzene rings is 1. The molecule has 1 aromatic rings. The Hall–Kier alpha value is -2.28. The van der Waals surface area contributed by atoms with Crippen LogP contribution in [0.2, 0.25) is 0 Å². The van der Waals surface area contributed by atoms with Gasteiger partial charge in [0.15, 0.2) is 0 Å². The van der Waals surface area contributed by atoms with Crippen LogP contribution >= 0.6 is 0 Å². The zero-order valence-electron chi connectivity index (χ0n) is 9.18. The number of hydrogen-bond donors (Lipinski definition) is 2. The standard InChI is InChI=1S/C13H12N2O2/c14-8-10(13(17)15-11-4-5-11)6-9-2-1-3-12(16)7-9/h1-3,6-7,11,16H,4-5H2,(H,15,17)/b10-6+. The summed E-state index contributed by atoms with van der Waals surface area (Å²) in [6.45, 7) is 0. The highest BCUT2D eigenvalue weighted by Gasteiger charge is 2.24. The van der Waals surface area contributed by atoms with Crippen LogP contribution in [-0.4, -0.2) is 17.1 Å². The summed E-state index contributed by atoms with van der Waals surface area (Å²) in [4.78, 5) is 11.6. The smallest absolute Gasteiger partial charge is 0.262 e. The highest BCUT2D eigenvalue weighted by molar-refractivity contribution is 6.01. The highest BCUT2D eigenvalue weighted by Crippen LogP contribution is 2.20. The van der Waals surface area contributed by atoms with E-state index in [-0.39, 0.29) is 23.3 Å². The van der Waals surface area contributed by atoms with Gasteiger partial charge < -0.3 is 10.4 Å². The van der Waals surface area contributed by atoms with Crippen molar-refractivity contribution in [1.29, 1.82) is 5.26 Å². The molecule has 1 amide bonds. The Balaban J connectivity index is 2.16. The summed E-state index contributed by atoms with van der Waals surface area (Å²) in [5.41, 5.74) is 0.690. The number of nitrogens with zero attached hydrogens (tertiary/aromatic N) is 1. The number of phenolic OH excluding ortho intramolecular Hbond substituents is 1. The summed E-state index contributed by atoms with van der Waals surface area (Å²) in [5.74, 6) is -0.239. The van der Waals surface area contributed by atoms with E-state index < -0.39 is 0 Å². The van der Waals surface area contributed by atoms with E-state index in [9.17, 15) is 9.90 Å². The summed E-state index contributed by atoms with van der Waals surface area (Å²) >= 11 is 0. The Morgan fingerprint density at radius 1 is 1.53 bits per heavy atom. The number of carbonyl (C=O) groups excluding carboxylic acids is 1. The lowest BCUT2D eigenvalue weighted by Crippen LogP contribution is -2.26. The van der Waals surface area contributed by atoms with Gasteiger partial charge in [-0.15, -0.1) is 0 Å². The molecule has 86 valence electrons. The minimum absolute atomic E-state index is 0.0579. The van der Waals surface area contributed by atoms with Gasteiger partial charge in [-0.2, -0.15) is 5.26 Å². The van der Waals surface area contributed by atoms with Crippen molar-refractivity contribution in [2.75, 3.05) is 0 Å². The van der Waals surface area contributed by atoms with E-state index in [0.29, 0.717) is 5.56 Å². The molecule has 0 aliphatic heterocycles. The van der Waals surface area contributed by atoms with Crippen LogP contribution in [0.1, 0.15) is 18.4 Å². The molecule has 0 bridgehead atoms. The maximum atomic E-state index is 11.6. The van der Waals surface area contributed by atoms with Gasteiger partial charge in [-0.25, -0.2) is 0 Å². The molecule has 1 saturated carbocycles. The lowest BCUT2D eigenvalue weighted by molar-refractivity contribution is -0.117. The van der Waals surface area contributed by atoms with Gasteiger partial charge in [0.1, 0.15) is 17.4 Å². The average Bonchev–Trinajstić information content (AvgIpc) is 3.09. The van der Waals surface area contributed by atoms with Crippen molar-refractivity contribution >= 4 is 12.0 Å². The van der Waals surface area contributed by atoms with E-state index in [4.69, 9.17) is 5.26 Å². The molecule has 0 heterocycles. The lowest BCUT2D eigenvalue weighted by atomic mass is 10.1. The molecule has 4 nitrogen and oxygen atoms in total. The zero-order chi connectivity index (χ0) is 12.3. The first-order valence-electron chi connectivity index (χ1n) is 5.41. The minimum atomic E-state index is -0.349. The number of phenols is 1. The van der Waals surface area contributed by atoms with Crippen molar-refractivity contribution in [3.63, 3.8) is 0 Å². The Labute approximate surface area is 99.2 Å². The molecule has 1 aliphatic rings. The van der Waals surface area contributed by atoms with Crippen molar-refractivity contribution in [1.82, 2.24) is 5.32 Å². The molecule has 0 unspecified atom stereocenters. The second kappa shape index (κ2) is 4.71. The predicted octanol–water partition coefficient (Wildman–Crippen LogP) is 1.58. The van der Waals surface area contributed by atoms with E-state index in [1.165, 1.54) is 18.2 Å². The van der Waals surface area contributed by atoms with E-state index in [1.54, 1.807) is 12.1 Å². The molecule has 0 saturated heterocycles. The van der Waals surface area contributed by atoms with Crippen molar-refractivity contribution < 1.29 is 9.90 Å². The second-order valence-electron chi connectivity index (χ2n) is 4.01. The number of aromatic hydroxyl groups is 1. The molecule has 0 atom stereocenters. The first kappa shape index (κ1) is 11.2. The maximum Gasteiger partial charge on any atom is 0.262 e. The van der Waals surface area contributed by atoms with Crippen LogP contribution in [0.3, 0.4) is 0 Å². The molecule has 0 radical (unpaired) electrons. The fraction of sp³-hybridized carbons (Fsp3) is 0.231. The molecule has 0 aromatic heterocycles. The minimum Gasteiger partial charge on any atom is -0.508 e. The van der Waals surface area contributed by atoms with E-state index in [0.717, 1.165) is 12.8 Å². The third-order valence-electron chi connectivity index (χ3n) is 2.46. The van der Waals surface area contributed by atoms with Crippen LogP contribution < -0.4 is 5.32 Å². The number of carbonyl (C=O) groups is 1. The lowest BCUT2D eigenvalue weighted by Gasteiger charge is -2.01. The normalized spacial score (nSPS) is 15.1. The third-order valence-corrected chi connectivity index (χ3v) is 2.46.